The molecule has 1 aliphatic rings. The van der Waals surface area contributed by atoms with Crippen molar-refractivity contribution in [3.63, 3.8) is 0 Å². The second kappa shape index (κ2) is 8.59. The molecule has 1 aliphatic carbocycles. The molecule has 5 heteroatoms. The summed E-state index contributed by atoms with van der Waals surface area (Å²) in [5, 5.41) is 4.00. The lowest BCUT2D eigenvalue weighted by Crippen LogP contribution is -2.38. The van der Waals surface area contributed by atoms with Gasteiger partial charge in [-0.3, -0.25) is 14.4 Å². The number of oxime groups is 1. The predicted molar refractivity (Wildman–Crippen MR) is 105 cm³/mol. The summed E-state index contributed by atoms with van der Waals surface area (Å²) < 4.78 is 0. The third-order valence-corrected chi connectivity index (χ3v) is 5.34. The Bertz CT molecular complexity index is 789. The van der Waals surface area contributed by atoms with Gasteiger partial charge in [0.25, 0.3) is 0 Å². The average molecular weight is 371 g/mol. The third-order valence-electron chi connectivity index (χ3n) is 5.34. The molecular weight excluding hydrogens is 342 g/mol. The van der Waals surface area contributed by atoms with Crippen LogP contribution in [-0.4, -0.2) is 29.7 Å². The van der Waals surface area contributed by atoms with Gasteiger partial charge in [0.1, 0.15) is 24.1 Å². The molecule has 1 saturated carbocycles. The van der Waals surface area contributed by atoms with Crippen LogP contribution < -0.4 is 0 Å². The van der Waals surface area contributed by atoms with E-state index in [0.29, 0.717) is 24.3 Å². The molecular formula is C22H29NO4. The molecule has 0 saturated heterocycles. The zero-order valence-corrected chi connectivity index (χ0v) is 17.1. The lowest BCUT2D eigenvalue weighted by molar-refractivity contribution is -0.133. The maximum atomic E-state index is 12.8. The van der Waals surface area contributed by atoms with Gasteiger partial charge in [-0.25, -0.2) is 0 Å². The van der Waals surface area contributed by atoms with Gasteiger partial charge in [-0.1, -0.05) is 18.1 Å². The van der Waals surface area contributed by atoms with E-state index in [4.69, 9.17) is 4.84 Å². The molecule has 0 N–H and O–H groups in total. The first-order valence-corrected chi connectivity index (χ1v) is 9.58. The number of nitrogens with zero attached hydrogens (tertiary/aromatic N) is 1. The summed E-state index contributed by atoms with van der Waals surface area (Å²) >= 11 is 0. The first kappa shape index (κ1) is 21.0. The maximum absolute atomic E-state index is 12.8. The monoisotopic (exact) mass is 371 g/mol. The Balaban J connectivity index is 2.41. The molecule has 0 bridgehead atoms. The van der Waals surface area contributed by atoms with Gasteiger partial charge in [0.15, 0.2) is 5.78 Å². The normalized spacial score (nSPS) is 20.7. The Morgan fingerprint density at radius 2 is 1.70 bits per heavy atom. The highest BCUT2D eigenvalue weighted by Crippen LogP contribution is 2.38. The van der Waals surface area contributed by atoms with Crippen molar-refractivity contribution in [2.75, 3.05) is 6.61 Å². The molecule has 0 heterocycles. The minimum atomic E-state index is -0.795. The molecule has 0 unspecified atom stereocenters. The minimum Gasteiger partial charge on any atom is -0.396 e. The third kappa shape index (κ3) is 4.18. The smallest absolute Gasteiger partial charge is 0.160 e. The Kier molecular flexibility index (Phi) is 6.68. The van der Waals surface area contributed by atoms with Crippen molar-refractivity contribution in [1.29, 1.82) is 0 Å². The summed E-state index contributed by atoms with van der Waals surface area (Å²) in [7, 11) is 0. The van der Waals surface area contributed by atoms with Gasteiger partial charge in [-0.05, 0) is 69.2 Å². The van der Waals surface area contributed by atoms with E-state index in [9.17, 15) is 14.4 Å². The van der Waals surface area contributed by atoms with E-state index in [1.807, 2.05) is 40.7 Å². The van der Waals surface area contributed by atoms with Crippen LogP contribution in [0.3, 0.4) is 0 Å². The fourth-order valence-electron chi connectivity index (χ4n) is 4.39. The number of benzene rings is 1. The Morgan fingerprint density at radius 3 is 2.19 bits per heavy atom. The van der Waals surface area contributed by atoms with Crippen LogP contribution in [-0.2, 0) is 14.4 Å². The van der Waals surface area contributed by atoms with Gasteiger partial charge >= 0.3 is 0 Å². The number of carbonyl (C=O) groups is 3. The second-order valence-corrected chi connectivity index (χ2v) is 7.30. The molecule has 0 aromatic heterocycles. The fourth-order valence-corrected chi connectivity index (χ4v) is 4.39. The molecule has 1 fully saturated rings. The van der Waals surface area contributed by atoms with Crippen molar-refractivity contribution in [2.45, 2.75) is 66.7 Å². The number of aryl methyl sites for hydroxylation is 2. The molecule has 1 aromatic rings. The Morgan fingerprint density at radius 1 is 1.11 bits per heavy atom. The van der Waals surface area contributed by atoms with Gasteiger partial charge in [0, 0.05) is 18.4 Å². The number of Topliss-reactive ketones (excluding diaryl/α,β-unsaturated/α-hetero) is 3. The van der Waals surface area contributed by atoms with E-state index >= 15 is 0 Å². The van der Waals surface area contributed by atoms with E-state index in [1.165, 1.54) is 0 Å². The van der Waals surface area contributed by atoms with Gasteiger partial charge in [0.05, 0.1) is 5.71 Å². The summed E-state index contributed by atoms with van der Waals surface area (Å²) in [6.07, 6.45) is 1.07. The highest BCUT2D eigenvalue weighted by atomic mass is 16.6. The fraction of sp³-hybridized carbons (Fsp3) is 0.545. The van der Waals surface area contributed by atoms with Crippen LogP contribution in [0.5, 0.6) is 0 Å². The van der Waals surface area contributed by atoms with E-state index < -0.39 is 5.92 Å². The van der Waals surface area contributed by atoms with Crippen LogP contribution in [0.15, 0.2) is 11.2 Å². The van der Waals surface area contributed by atoms with E-state index in [-0.39, 0.29) is 36.1 Å². The lowest BCUT2D eigenvalue weighted by Gasteiger charge is -2.30. The first-order chi connectivity index (χ1) is 12.7. The minimum absolute atomic E-state index is 0.00899. The molecule has 0 aliphatic heterocycles. The summed E-state index contributed by atoms with van der Waals surface area (Å²) in [5.74, 6) is -1.20. The molecule has 0 atom stereocenters. The number of hydrogen-bond donors (Lipinski definition) is 0. The van der Waals surface area contributed by atoms with Crippen molar-refractivity contribution in [3.05, 3.63) is 33.9 Å². The molecule has 0 radical (unpaired) electrons. The zero-order valence-electron chi connectivity index (χ0n) is 17.1. The quantitative estimate of drug-likeness (QED) is 0.324. The Labute approximate surface area is 161 Å². The number of ketones is 3. The topological polar surface area (TPSA) is 72.8 Å². The second-order valence-electron chi connectivity index (χ2n) is 7.30. The van der Waals surface area contributed by atoms with Crippen LogP contribution in [0.2, 0.25) is 0 Å². The first-order valence-electron chi connectivity index (χ1n) is 9.58. The highest BCUT2D eigenvalue weighted by Gasteiger charge is 2.40. The van der Waals surface area contributed by atoms with Crippen molar-refractivity contribution < 1.29 is 19.2 Å². The molecule has 27 heavy (non-hydrogen) atoms. The van der Waals surface area contributed by atoms with E-state index in [1.54, 1.807) is 6.92 Å². The van der Waals surface area contributed by atoms with Crippen LogP contribution >= 0.6 is 0 Å². The molecule has 0 amide bonds. The maximum Gasteiger partial charge on any atom is 0.160 e. The van der Waals surface area contributed by atoms with Crippen LogP contribution in [0.4, 0.5) is 0 Å². The Hall–Kier alpha value is -2.30. The van der Waals surface area contributed by atoms with Crippen LogP contribution in [0.25, 0.3) is 0 Å². The van der Waals surface area contributed by atoms with E-state index in [2.05, 4.69) is 5.16 Å². The zero-order chi connectivity index (χ0) is 20.3. The number of carbonyl (C=O) groups excluding carboxylic acids is 3. The number of hydrogen-bond acceptors (Lipinski definition) is 5. The molecule has 0 spiro atoms. The van der Waals surface area contributed by atoms with Crippen molar-refractivity contribution in [3.8, 4) is 0 Å². The average Bonchev–Trinajstić information content (AvgIpc) is 2.56. The summed E-state index contributed by atoms with van der Waals surface area (Å²) in [5.41, 5.74) is 5.02. The molecule has 1 aromatic carbocycles. The molecule has 2 rings (SSSR count). The van der Waals surface area contributed by atoms with Gasteiger partial charge in [0.2, 0.25) is 0 Å². The summed E-state index contributed by atoms with van der Waals surface area (Å²) in [6, 6.07) is 1.98. The van der Waals surface area contributed by atoms with Gasteiger partial charge in [-0.2, -0.15) is 0 Å². The summed E-state index contributed by atoms with van der Waals surface area (Å²) in [6.45, 7) is 11.5. The highest BCUT2D eigenvalue weighted by molar-refractivity contribution is 6.22. The van der Waals surface area contributed by atoms with E-state index in [0.717, 1.165) is 22.3 Å². The molecule has 5 nitrogen and oxygen atoms in total. The van der Waals surface area contributed by atoms with Gasteiger partial charge < -0.3 is 4.84 Å². The number of rotatable bonds is 6. The van der Waals surface area contributed by atoms with Crippen molar-refractivity contribution >= 4 is 23.1 Å². The van der Waals surface area contributed by atoms with Crippen molar-refractivity contribution in [2.24, 2.45) is 11.1 Å². The standard InChI is InChI=1S/C22H29NO4/c1-7-17(23-27-8-2)22-18(25)10-16(11-19(22)26)21-13(4)9-12(3)20(14(21)5)15(6)24/h9,16,22H,7-8,10-11H2,1-6H3/b23-17-. The lowest BCUT2D eigenvalue weighted by atomic mass is 9.72. The van der Waals surface area contributed by atoms with Crippen LogP contribution in [0.1, 0.15) is 78.6 Å². The van der Waals surface area contributed by atoms with Crippen LogP contribution in [0, 0.1) is 26.7 Å². The predicted octanol–water partition coefficient (Wildman–Crippen LogP) is 4.25. The summed E-state index contributed by atoms with van der Waals surface area (Å²) in [4.78, 5) is 42.8. The largest absolute Gasteiger partial charge is 0.396 e. The van der Waals surface area contributed by atoms with Gasteiger partial charge in [-0.15, -0.1) is 0 Å². The molecule has 146 valence electrons. The van der Waals surface area contributed by atoms with Crippen molar-refractivity contribution in [1.82, 2.24) is 0 Å². The SMILES string of the molecule is CCO/N=C(/CC)C1C(=O)CC(c2c(C)cc(C)c(C(C)=O)c2C)CC1=O.